The first kappa shape index (κ1) is 98.2. The van der Waals surface area contributed by atoms with Crippen LogP contribution in [0.15, 0.2) is 0 Å². The van der Waals surface area contributed by atoms with Gasteiger partial charge in [0.2, 0.25) is 0 Å². The zero-order valence-electron chi connectivity index (χ0n) is 65.5. The van der Waals surface area contributed by atoms with Crippen LogP contribution in [-0.2, 0) is 0 Å². The minimum absolute atomic E-state index is 0.667. The standard InChI is InChI=1S/4C11H24.2C10H22.2C9H20/c2*1-5-10(6-2)9-11(7-3)8-4;2*1-5-9-10-11(6-2,7-3)8-4;2*1-5-8-9(4)10(6-2)7-3;2*1-5-9(6-2,7-3)8-4/h2*10-11H,5-9H2,1-4H3;2*5-10H2,1-4H3;2*9-10H,5-8H2,1-4H3;2*5-8H2,1-4H3. The smallest absolute Gasteiger partial charge is 0.0305 e. The van der Waals surface area contributed by atoms with Crippen molar-refractivity contribution >= 4 is 0 Å². The highest BCUT2D eigenvalue weighted by Crippen LogP contribution is 2.38. The molecule has 0 aromatic carbocycles. The second kappa shape index (κ2) is 70.1. The molecule has 0 saturated carbocycles. The molecule has 0 aliphatic carbocycles. The quantitative estimate of drug-likeness (QED) is 0.0571. The largest absolute Gasteiger partial charge is 0.0654 e. The normalized spacial score (nSPS) is 12.4. The Bertz CT molecular complexity index is 900. The van der Waals surface area contributed by atoms with Gasteiger partial charge in [-0.15, -0.1) is 0 Å². The lowest BCUT2D eigenvalue weighted by Crippen LogP contribution is -2.17. The van der Waals surface area contributed by atoms with Gasteiger partial charge in [0.15, 0.2) is 0 Å². The molecule has 0 amide bonds. The molecular formula is C82H180. The van der Waals surface area contributed by atoms with Crippen LogP contribution in [-0.4, -0.2) is 0 Å². The fraction of sp³-hybridized carbons (Fsp3) is 1.00. The van der Waals surface area contributed by atoms with Crippen molar-refractivity contribution in [1.82, 2.24) is 0 Å². The van der Waals surface area contributed by atoms with Gasteiger partial charge in [-0.25, -0.2) is 0 Å². The van der Waals surface area contributed by atoms with Crippen LogP contribution in [0.25, 0.3) is 0 Å². The Morgan fingerprint density at radius 3 is 0.476 bits per heavy atom. The van der Waals surface area contributed by atoms with Crippen LogP contribution < -0.4 is 0 Å². The highest BCUT2D eigenvalue weighted by molar-refractivity contribution is 4.76. The zero-order valence-corrected chi connectivity index (χ0v) is 65.5. The number of hydrogen-bond acceptors (Lipinski definition) is 0. The Balaban J connectivity index is -0.000000127. The molecule has 0 aromatic heterocycles. The summed E-state index contributed by atoms with van der Waals surface area (Å²) in [5, 5.41) is 0. The maximum absolute atomic E-state index is 2.39. The van der Waals surface area contributed by atoms with Crippen molar-refractivity contribution < 1.29 is 0 Å². The SMILES string of the molecule is CCC(CC)(CC)CC.CCC(CC)(CC)CC.CCC(CC)CC(CC)CC.CCC(CC)CC(CC)CC.CCCC(C)C(CC)CC.CCCC(C)C(CC)CC.CCCCC(CC)(CC)CC.CCCCC(CC)(CC)CC. The van der Waals surface area contributed by atoms with Gasteiger partial charge < -0.3 is 0 Å². The van der Waals surface area contributed by atoms with Crippen molar-refractivity contribution in [3.63, 3.8) is 0 Å². The first-order chi connectivity index (χ1) is 39.0. The molecule has 2 unspecified atom stereocenters. The molecule has 0 spiro atoms. The van der Waals surface area contributed by atoms with E-state index in [0.717, 1.165) is 47.3 Å². The van der Waals surface area contributed by atoms with E-state index in [-0.39, 0.29) is 0 Å². The summed E-state index contributed by atoms with van der Waals surface area (Å²) < 4.78 is 0. The molecule has 0 fully saturated rings. The molecule has 82 heavy (non-hydrogen) atoms. The predicted octanol–water partition coefficient (Wildman–Crippen LogP) is 32.2. The first-order valence-corrected chi connectivity index (χ1v) is 39.0. The van der Waals surface area contributed by atoms with Crippen molar-refractivity contribution in [1.29, 1.82) is 0 Å². The Morgan fingerprint density at radius 1 is 0.207 bits per heavy atom. The topological polar surface area (TPSA) is 0 Å². The molecule has 0 nitrogen and oxygen atoms in total. The van der Waals surface area contributed by atoms with E-state index < -0.39 is 0 Å². The van der Waals surface area contributed by atoms with Crippen LogP contribution in [0, 0.1) is 69.0 Å². The average Bonchev–Trinajstić information content (AvgIpc) is 3.52. The van der Waals surface area contributed by atoms with Gasteiger partial charge in [-0.3, -0.25) is 0 Å². The summed E-state index contributed by atoms with van der Waals surface area (Å²) in [6.07, 6.45) is 52.1. The molecule has 0 aliphatic heterocycles. The van der Waals surface area contributed by atoms with Gasteiger partial charge in [0.25, 0.3) is 0 Å². The van der Waals surface area contributed by atoms with Crippen molar-refractivity contribution in [2.45, 2.75) is 466 Å². The third kappa shape index (κ3) is 52.0. The lowest BCUT2D eigenvalue weighted by Gasteiger charge is -2.30. The third-order valence-corrected chi connectivity index (χ3v) is 23.8. The fourth-order valence-electron chi connectivity index (χ4n) is 13.7. The van der Waals surface area contributed by atoms with E-state index in [2.05, 4.69) is 222 Å². The summed E-state index contributed by atoms with van der Waals surface area (Å²) in [7, 11) is 0. The monoisotopic (exact) mass is 1170 g/mol. The second-order valence-electron chi connectivity index (χ2n) is 27.0. The van der Waals surface area contributed by atoms with Crippen LogP contribution in [0.4, 0.5) is 0 Å². The first-order valence-electron chi connectivity index (χ1n) is 39.0. The predicted molar refractivity (Wildman–Crippen MR) is 395 cm³/mol. The van der Waals surface area contributed by atoms with E-state index in [1.165, 1.54) is 244 Å². The highest BCUT2D eigenvalue weighted by atomic mass is 14.3. The average molecular weight is 1170 g/mol. The summed E-state index contributed by atoms with van der Waals surface area (Å²) in [5.74, 6) is 7.78. The Morgan fingerprint density at radius 2 is 0.378 bits per heavy atom. The Kier molecular flexibility index (Phi) is 84.0. The Labute approximate surface area is 531 Å². The van der Waals surface area contributed by atoms with E-state index in [4.69, 9.17) is 0 Å². The molecule has 0 saturated heterocycles. The molecule has 0 radical (unpaired) electrons. The minimum Gasteiger partial charge on any atom is -0.0654 e. The summed E-state index contributed by atoms with van der Waals surface area (Å²) in [5.41, 5.74) is 2.69. The number of hydrogen-bond donors (Lipinski definition) is 0. The van der Waals surface area contributed by atoms with Crippen LogP contribution in [0.1, 0.15) is 466 Å². The molecule has 508 valence electrons. The summed E-state index contributed by atoms with van der Waals surface area (Å²) >= 11 is 0. The van der Waals surface area contributed by atoms with E-state index in [0.29, 0.717) is 21.7 Å². The lowest BCUT2D eigenvalue weighted by atomic mass is 9.76. The highest BCUT2D eigenvalue weighted by Gasteiger charge is 2.24. The molecule has 0 heterocycles. The Hall–Kier alpha value is 0. The van der Waals surface area contributed by atoms with Gasteiger partial charge in [0.05, 0.1) is 0 Å². The van der Waals surface area contributed by atoms with Gasteiger partial charge in [0, 0.05) is 0 Å². The summed E-state index contributed by atoms with van der Waals surface area (Å²) in [4.78, 5) is 0. The van der Waals surface area contributed by atoms with Gasteiger partial charge in [0.1, 0.15) is 0 Å². The lowest BCUT2D eigenvalue weighted by molar-refractivity contribution is 0.222. The van der Waals surface area contributed by atoms with E-state index >= 15 is 0 Å². The van der Waals surface area contributed by atoms with Crippen LogP contribution >= 0.6 is 0 Å². The van der Waals surface area contributed by atoms with E-state index in [1.807, 2.05) is 0 Å². The number of rotatable bonds is 42. The molecule has 0 N–H and O–H groups in total. The number of unbranched alkanes of at least 4 members (excludes halogenated alkanes) is 2. The molecule has 0 bridgehead atoms. The second-order valence-corrected chi connectivity index (χ2v) is 27.0. The molecule has 0 aliphatic rings. The maximum atomic E-state index is 2.39. The van der Waals surface area contributed by atoms with E-state index in [9.17, 15) is 0 Å². The zero-order chi connectivity index (χ0) is 65.5. The fourth-order valence-corrected chi connectivity index (χ4v) is 13.7. The molecule has 0 heteroatoms. The minimum atomic E-state index is 0.667. The third-order valence-electron chi connectivity index (χ3n) is 23.8. The van der Waals surface area contributed by atoms with Gasteiger partial charge in [-0.1, -0.05) is 440 Å². The summed E-state index contributed by atoms with van der Waals surface area (Å²) in [6.45, 7) is 74.1. The molecule has 0 rings (SSSR count). The maximum Gasteiger partial charge on any atom is -0.0305 e. The van der Waals surface area contributed by atoms with Crippen molar-refractivity contribution in [2.24, 2.45) is 69.0 Å². The van der Waals surface area contributed by atoms with Crippen LogP contribution in [0.5, 0.6) is 0 Å². The van der Waals surface area contributed by atoms with Crippen molar-refractivity contribution in [3.05, 3.63) is 0 Å². The van der Waals surface area contributed by atoms with Gasteiger partial charge in [-0.05, 0) is 94.7 Å². The molecule has 0 aromatic rings. The van der Waals surface area contributed by atoms with Crippen LogP contribution in [0.3, 0.4) is 0 Å². The van der Waals surface area contributed by atoms with Gasteiger partial charge >= 0.3 is 0 Å². The molecular weight excluding hydrogens is 985 g/mol. The van der Waals surface area contributed by atoms with Crippen molar-refractivity contribution in [3.8, 4) is 0 Å². The van der Waals surface area contributed by atoms with Crippen molar-refractivity contribution in [2.75, 3.05) is 0 Å². The van der Waals surface area contributed by atoms with Crippen LogP contribution in [0.2, 0.25) is 0 Å². The van der Waals surface area contributed by atoms with E-state index in [1.54, 1.807) is 0 Å². The summed E-state index contributed by atoms with van der Waals surface area (Å²) in [6, 6.07) is 0. The van der Waals surface area contributed by atoms with Gasteiger partial charge in [-0.2, -0.15) is 0 Å². The molecule has 2 atom stereocenters.